The number of imidazole rings is 1. The zero-order valence-corrected chi connectivity index (χ0v) is 42.3. The summed E-state index contributed by atoms with van der Waals surface area (Å²) in [5.74, 6) is -8.39. The molecule has 0 aliphatic carbocycles. The Kier molecular flexibility index (Phi) is 20.9. The molecule has 6 rings (SSSR count). The van der Waals surface area contributed by atoms with Crippen molar-refractivity contribution in [2.24, 2.45) is 34.0 Å². The average Bonchev–Trinajstić information content (AvgIpc) is 4.07. The molecule has 0 bridgehead atoms. The van der Waals surface area contributed by atoms with Crippen LogP contribution in [-0.2, 0) is 68.8 Å². The molecule has 22 nitrogen and oxygen atoms in total. The van der Waals surface area contributed by atoms with E-state index in [4.69, 9.17) is 17.2 Å². The minimum atomic E-state index is -1.45. The van der Waals surface area contributed by atoms with Crippen molar-refractivity contribution in [2.45, 2.75) is 108 Å². The summed E-state index contributed by atoms with van der Waals surface area (Å²) in [6, 6.07) is 18.7. The van der Waals surface area contributed by atoms with Crippen LogP contribution in [0.2, 0.25) is 0 Å². The minimum Gasteiger partial charge on any atom is -0.370 e. The van der Waals surface area contributed by atoms with E-state index in [9.17, 15) is 43.2 Å². The van der Waals surface area contributed by atoms with Crippen molar-refractivity contribution in [1.82, 2.24) is 46.9 Å². The Hall–Kier alpha value is -8.69. The van der Waals surface area contributed by atoms with Crippen LogP contribution >= 0.6 is 0 Å². The highest BCUT2D eigenvalue weighted by molar-refractivity contribution is 5.98. The van der Waals surface area contributed by atoms with Crippen LogP contribution in [0.3, 0.4) is 0 Å². The van der Waals surface area contributed by atoms with Crippen LogP contribution in [0.1, 0.15) is 74.3 Å². The zero-order valence-electron chi connectivity index (χ0n) is 42.3. The summed E-state index contributed by atoms with van der Waals surface area (Å²) >= 11 is 0. The van der Waals surface area contributed by atoms with Gasteiger partial charge in [0.05, 0.1) is 12.4 Å². The number of carbonyl (C=O) groups excluding carboxylic acids is 9. The Morgan fingerprint density at radius 1 is 0.750 bits per heavy atom. The van der Waals surface area contributed by atoms with Crippen molar-refractivity contribution in [2.75, 3.05) is 13.1 Å². The molecule has 5 aromatic rings. The highest BCUT2D eigenvalue weighted by Crippen LogP contribution is 2.24. The quantitative estimate of drug-likeness (QED) is 0.0327. The number of fused-ring (bicyclic) bond motifs is 1. The fourth-order valence-corrected chi connectivity index (χ4v) is 9.14. The number of amides is 7. The van der Waals surface area contributed by atoms with Crippen molar-refractivity contribution in [3.63, 3.8) is 0 Å². The van der Waals surface area contributed by atoms with Gasteiger partial charge < -0.3 is 59.1 Å². The average molecular weight is 1040 g/mol. The number of ketones is 2. The summed E-state index contributed by atoms with van der Waals surface area (Å²) < 4.78 is 0. The number of H-pyrrole nitrogens is 2. The molecule has 22 heteroatoms. The Balaban J connectivity index is 1.35. The van der Waals surface area contributed by atoms with Gasteiger partial charge in [-0.05, 0) is 54.9 Å². The van der Waals surface area contributed by atoms with E-state index in [1.807, 2.05) is 24.3 Å². The van der Waals surface area contributed by atoms with E-state index in [1.54, 1.807) is 66.9 Å². The molecule has 0 spiro atoms. The van der Waals surface area contributed by atoms with Gasteiger partial charge in [0.25, 0.3) is 0 Å². The molecule has 7 amide bonds. The third-order valence-corrected chi connectivity index (χ3v) is 13.2. The normalized spacial score (nSPS) is 20.0. The number of Topliss-reactive ketones (excluding diaryl/α,β-unsaturated/α-hetero) is 2. The van der Waals surface area contributed by atoms with E-state index >= 15 is 0 Å². The monoisotopic (exact) mass is 1040 g/mol. The summed E-state index contributed by atoms with van der Waals surface area (Å²) in [5.41, 5.74) is 20.4. The molecular formula is C54H67N13O9. The number of rotatable bonds is 18. The van der Waals surface area contributed by atoms with Crippen molar-refractivity contribution in [3.8, 4) is 0 Å². The van der Waals surface area contributed by atoms with E-state index in [2.05, 4.69) is 51.8 Å². The predicted molar refractivity (Wildman–Crippen MR) is 282 cm³/mol. The molecule has 2 aromatic heterocycles. The molecule has 1 aliphatic heterocycles. The van der Waals surface area contributed by atoms with Crippen molar-refractivity contribution in [3.05, 3.63) is 126 Å². The number of nitrogens with two attached hydrogens (primary N) is 3. The smallest absolute Gasteiger partial charge is 0.243 e. The number of nitrogens with zero attached hydrogens (tertiary/aromatic N) is 2. The Morgan fingerprint density at radius 3 is 2.13 bits per heavy atom. The van der Waals surface area contributed by atoms with Gasteiger partial charge in [-0.1, -0.05) is 78.9 Å². The van der Waals surface area contributed by atoms with Gasteiger partial charge in [-0.15, -0.1) is 0 Å². The molecule has 402 valence electrons. The zero-order chi connectivity index (χ0) is 54.6. The van der Waals surface area contributed by atoms with E-state index < -0.39 is 108 Å². The third kappa shape index (κ3) is 17.5. The summed E-state index contributed by atoms with van der Waals surface area (Å²) in [4.78, 5) is 140. The maximum atomic E-state index is 14.8. The number of primary amides is 1. The molecule has 0 unspecified atom stereocenters. The number of nitrogens with one attached hydrogen (secondary N) is 8. The molecular weight excluding hydrogens is 975 g/mol. The summed E-state index contributed by atoms with van der Waals surface area (Å²) in [5, 5.41) is 17.2. The predicted octanol–water partition coefficient (Wildman–Crippen LogP) is 0.595. The Labute approximate surface area is 439 Å². The van der Waals surface area contributed by atoms with Gasteiger partial charge in [0.1, 0.15) is 30.0 Å². The van der Waals surface area contributed by atoms with Crippen LogP contribution in [0, 0.1) is 11.8 Å². The van der Waals surface area contributed by atoms with Gasteiger partial charge in [0.2, 0.25) is 41.4 Å². The molecule has 1 fully saturated rings. The summed E-state index contributed by atoms with van der Waals surface area (Å²) in [7, 11) is 0. The Morgan fingerprint density at radius 2 is 1.45 bits per heavy atom. The number of hydrogen-bond donors (Lipinski definition) is 11. The van der Waals surface area contributed by atoms with Crippen LogP contribution in [0.4, 0.5) is 0 Å². The second-order valence-electron chi connectivity index (χ2n) is 19.0. The first-order valence-corrected chi connectivity index (χ1v) is 25.3. The molecule has 1 saturated heterocycles. The fraction of sp³-hybridized carbons (Fsp3) is 0.389. The topological polar surface area (TPSA) is 361 Å². The van der Waals surface area contributed by atoms with Crippen molar-refractivity contribution in [1.29, 1.82) is 0 Å². The molecule has 3 heterocycles. The minimum absolute atomic E-state index is 0.0145. The molecule has 76 heavy (non-hydrogen) atoms. The van der Waals surface area contributed by atoms with Crippen molar-refractivity contribution < 1.29 is 43.2 Å². The lowest BCUT2D eigenvalue weighted by atomic mass is 9.84. The maximum Gasteiger partial charge on any atom is 0.243 e. The van der Waals surface area contributed by atoms with Crippen LogP contribution in [0.25, 0.3) is 10.9 Å². The van der Waals surface area contributed by atoms with Gasteiger partial charge >= 0.3 is 0 Å². The first kappa shape index (κ1) is 56.6. The van der Waals surface area contributed by atoms with Gasteiger partial charge in [-0.2, -0.15) is 0 Å². The first-order valence-electron chi connectivity index (χ1n) is 25.3. The number of guanidine groups is 1. The second kappa shape index (κ2) is 28.1. The number of aromatic nitrogens is 3. The molecule has 0 radical (unpaired) electrons. The van der Waals surface area contributed by atoms with Crippen molar-refractivity contribution >= 4 is 69.8 Å². The lowest BCUT2D eigenvalue weighted by Crippen LogP contribution is -2.58. The number of aromatic amines is 2. The van der Waals surface area contributed by atoms with E-state index in [0.717, 1.165) is 10.9 Å². The third-order valence-electron chi connectivity index (χ3n) is 13.2. The van der Waals surface area contributed by atoms with Crippen LogP contribution in [-0.4, -0.2) is 117 Å². The summed E-state index contributed by atoms with van der Waals surface area (Å²) in [6.07, 6.45) is 3.24. The van der Waals surface area contributed by atoms with Crippen LogP contribution in [0.5, 0.6) is 0 Å². The maximum absolute atomic E-state index is 14.8. The number of benzene rings is 3. The molecule has 7 atom stereocenters. The number of aliphatic imine (C=N–C) groups is 1. The van der Waals surface area contributed by atoms with Gasteiger partial charge in [-0.25, -0.2) is 4.98 Å². The SMILES string of the molecule is CC(=O)N[C@H](Cc1ccccc1)C(=O)N[C@H]1CCC(=O)NCC[C@@H](C(=O)N[C@@H](Cc2c[nH]c3ccccc23)C(N)=O)CC(=O)[C@H](CCCN=C(N)N)CC(=O)[C@@H](Cc2ccccc2)NC(=O)[C@H](Cc2cnc[nH]2)NC1=O. The number of hydrogen-bond acceptors (Lipinski definition) is 11. The first-order chi connectivity index (χ1) is 36.5. The second-order valence-corrected chi connectivity index (χ2v) is 19.0. The standard InChI is InChI=1S/C54H67N13O9/c1-32(68)63-44(24-34-13-6-3-7-14-34)52(75)64-41-18-19-48(71)59-22-20-36(50(73)66-43(49(55)72)25-37-29-61-40-17-9-8-16-39(37)40)27-46(69)35(15-10-21-60-54(56)57)26-47(70)42(23-33-11-4-2-5-12-33)65-53(76)45(67-51(41)74)28-38-30-58-31-62-38/h2-9,11-14,16-17,29-31,35-36,41-45,61H,10,15,18-28H2,1H3,(H2,55,72)(H,58,62)(H,59,71)(H,63,68)(H,64,75)(H,65,76)(H,66,73)(H,67,74)(H4,56,57,60)/t35-,36-,41+,42-,43+,44-,45+/m1/s1. The van der Waals surface area contributed by atoms with Gasteiger partial charge in [0, 0.05) is 99.4 Å². The van der Waals surface area contributed by atoms with E-state index in [-0.39, 0.29) is 76.8 Å². The summed E-state index contributed by atoms with van der Waals surface area (Å²) in [6.45, 7) is 1.21. The fourth-order valence-electron chi connectivity index (χ4n) is 9.14. The van der Waals surface area contributed by atoms with Gasteiger partial charge in [-0.3, -0.25) is 48.1 Å². The lowest BCUT2D eigenvalue weighted by Gasteiger charge is -2.27. The Bertz CT molecular complexity index is 2830. The lowest BCUT2D eigenvalue weighted by molar-refractivity contribution is -0.135. The largest absolute Gasteiger partial charge is 0.370 e. The van der Waals surface area contributed by atoms with Crippen LogP contribution < -0.4 is 49.1 Å². The van der Waals surface area contributed by atoms with Gasteiger partial charge in [0.15, 0.2) is 11.7 Å². The highest BCUT2D eigenvalue weighted by Gasteiger charge is 2.35. The van der Waals surface area contributed by atoms with E-state index in [0.29, 0.717) is 22.4 Å². The molecule has 0 saturated carbocycles. The molecule has 3 aromatic carbocycles. The number of carbonyl (C=O) groups is 9. The molecule has 1 aliphatic rings. The number of para-hydroxylation sites is 1. The molecule has 14 N–H and O–H groups in total. The van der Waals surface area contributed by atoms with E-state index in [1.165, 1.54) is 19.4 Å². The highest BCUT2D eigenvalue weighted by atomic mass is 16.2. The van der Waals surface area contributed by atoms with Crippen LogP contribution in [0.15, 0.2) is 109 Å².